The van der Waals surface area contributed by atoms with Crippen molar-refractivity contribution in [1.82, 2.24) is 15.1 Å². The Kier molecular flexibility index (Phi) is 5.75. The molecule has 6 nitrogen and oxygen atoms in total. The van der Waals surface area contributed by atoms with Gasteiger partial charge in [0.2, 0.25) is 11.8 Å². The second kappa shape index (κ2) is 8.88. The number of nitrogens with zero attached hydrogens (tertiary/aromatic N) is 3. The minimum Gasteiger partial charge on any atom is -0.480 e. The van der Waals surface area contributed by atoms with E-state index < -0.39 is 11.5 Å². The third-order valence-corrected chi connectivity index (χ3v) is 6.87. The summed E-state index contributed by atoms with van der Waals surface area (Å²) >= 11 is 0. The van der Waals surface area contributed by atoms with Gasteiger partial charge in [-0.1, -0.05) is 54.6 Å². The van der Waals surface area contributed by atoms with Crippen molar-refractivity contribution in [2.75, 3.05) is 6.54 Å². The molecular weight excluding hydrogens is 426 g/mol. The van der Waals surface area contributed by atoms with Gasteiger partial charge >= 0.3 is 5.97 Å². The Morgan fingerprint density at radius 3 is 2.47 bits per heavy atom. The first-order valence-electron chi connectivity index (χ1n) is 11.5. The van der Waals surface area contributed by atoms with E-state index in [1.54, 1.807) is 0 Å². The second-order valence-electron chi connectivity index (χ2n) is 9.06. The van der Waals surface area contributed by atoms with E-state index in [-0.39, 0.29) is 0 Å². The van der Waals surface area contributed by atoms with Gasteiger partial charge in [-0.3, -0.25) is 9.69 Å². The van der Waals surface area contributed by atoms with E-state index in [2.05, 4.69) is 35.3 Å². The fourth-order valence-corrected chi connectivity index (χ4v) is 4.78. The van der Waals surface area contributed by atoms with Crippen molar-refractivity contribution in [2.45, 2.75) is 38.8 Å². The van der Waals surface area contributed by atoms with Crippen LogP contribution < -0.4 is 0 Å². The highest BCUT2D eigenvalue weighted by molar-refractivity contribution is 5.78. The minimum atomic E-state index is -0.824. The summed E-state index contributed by atoms with van der Waals surface area (Å²) in [6, 6.07) is 24.2. The Morgan fingerprint density at radius 2 is 1.68 bits per heavy atom. The van der Waals surface area contributed by atoms with E-state index >= 15 is 0 Å². The maximum absolute atomic E-state index is 11.8. The summed E-state index contributed by atoms with van der Waals surface area (Å²) < 4.78 is 6.10. The number of rotatable bonds is 6. The molecule has 2 heterocycles. The lowest BCUT2D eigenvalue weighted by atomic mass is 9.96. The summed E-state index contributed by atoms with van der Waals surface area (Å²) in [5.74, 6) is 0.160. The smallest absolute Gasteiger partial charge is 0.323 e. The number of hydrogen-bond donors (Lipinski definition) is 1. The van der Waals surface area contributed by atoms with Crippen molar-refractivity contribution >= 4 is 5.97 Å². The molecule has 0 aliphatic carbocycles. The van der Waals surface area contributed by atoms with Crippen LogP contribution in [0.15, 0.2) is 77.2 Å². The number of carboxylic acids is 1. The molecule has 0 saturated carbocycles. The molecule has 0 radical (unpaired) electrons. The SMILES string of the molecule is Cc1c(-c2ccccc2)cccc1-c1nnc(-c2cccc(CN3CCC[C@@]3(C)C(=O)O)c2)o1. The highest BCUT2D eigenvalue weighted by atomic mass is 16.4. The summed E-state index contributed by atoms with van der Waals surface area (Å²) in [4.78, 5) is 13.9. The fraction of sp³-hybridized carbons (Fsp3) is 0.250. The molecule has 1 fully saturated rings. The number of aliphatic carboxylic acids is 1. The summed E-state index contributed by atoms with van der Waals surface area (Å²) in [6.07, 6.45) is 1.55. The molecule has 1 aromatic heterocycles. The van der Waals surface area contributed by atoms with Gasteiger partial charge in [-0.2, -0.15) is 0 Å². The first kappa shape index (κ1) is 22.0. The zero-order chi connectivity index (χ0) is 23.7. The van der Waals surface area contributed by atoms with Crippen LogP contribution in [0.3, 0.4) is 0 Å². The maximum Gasteiger partial charge on any atom is 0.323 e. The van der Waals surface area contributed by atoms with Crippen molar-refractivity contribution in [2.24, 2.45) is 0 Å². The number of carboxylic acid groups (broad SMARTS) is 1. The molecule has 1 aliphatic heterocycles. The van der Waals surface area contributed by atoms with Crippen LogP contribution in [0.2, 0.25) is 0 Å². The Bertz CT molecular complexity index is 1330. The first-order valence-corrected chi connectivity index (χ1v) is 11.5. The van der Waals surface area contributed by atoms with Crippen LogP contribution in [0.1, 0.15) is 30.9 Å². The fourth-order valence-electron chi connectivity index (χ4n) is 4.78. The molecule has 5 rings (SSSR count). The minimum absolute atomic E-state index is 0.448. The lowest BCUT2D eigenvalue weighted by Crippen LogP contribution is -2.47. The van der Waals surface area contributed by atoms with Crippen LogP contribution in [0.5, 0.6) is 0 Å². The number of likely N-dealkylation sites (tertiary alicyclic amines) is 1. The molecule has 1 atom stereocenters. The van der Waals surface area contributed by atoms with Crippen molar-refractivity contribution in [3.63, 3.8) is 0 Å². The van der Waals surface area contributed by atoms with Crippen LogP contribution in [-0.4, -0.2) is 38.3 Å². The van der Waals surface area contributed by atoms with Gasteiger partial charge in [0, 0.05) is 17.7 Å². The molecule has 0 amide bonds. The Balaban J connectivity index is 1.42. The quantitative estimate of drug-likeness (QED) is 0.396. The summed E-state index contributed by atoms with van der Waals surface area (Å²) in [5.41, 5.74) is 5.29. The summed E-state index contributed by atoms with van der Waals surface area (Å²) in [5, 5.41) is 18.3. The van der Waals surface area contributed by atoms with Gasteiger partial charge in [0.15, 0.2) is 0 Å². The second-order valence-corrected chi connectivity index (χ2v) is 9.06. The van der Waals surface area contributed by atoms with Gasteiger partial charge in [0.25, 0.3) is 0 Å². The Labute approximate surface area is 198 Å². The van der Waals surface area contributed by atoms with Crippen LogP contribution in [0, 0.1) is 6.92 Å². The van der Waals surface area contributed by atoms with Gasteiger partial charge < -0.3 is 9.52 Å². The van der Waals surface area contributed by atoms with Crippen molar-refractivity contribution in [1.29, 1.82) is 0 Å². The van der Waals surface area contributed by atoms with Gasteiger partial charge in [-0.25, -0.2) is 0 Å². The first-order chi connectivity index (χ1) is 16.5. The molecule has 4 aromatic rings. The summed E-state index contributed by atoms with van der Waals surface area (Å²) in [7, 11) is 0. The van der Waals surface area contributed by atoms with Crippen molar-refractivity contribution < 1.29 is 14.3 Å². The monoisotopic (exact) mass is 453 g/mol. The molecule has 1 N–H and O–H groups in total. The standard InChI is InChI=1S/C28H27N3O3/c1-19-23(21-10-4-3-5-11-21)13-7-14-24(19)26-30-29-25(34-26)22-12-6-9-20(17-22)18-31-16-8-15-28(31,2)27(32)33/h3-7,9-14,17H,8,15-16,18H2,1-2H3,(H,32,33)/t28-/m0/s1. The van der Waals surface area contributed by atoms with E-state index in [4.69, 9.17) is 4.42 Å². The lowest BCUT2D eigenvalue weighted by molar-refractivity contribution is -0.148. The number of benzene rings is 3. The molecule has 3 aromatic carbocycles. The van der Waals surface area contributed by atoms with E-state index in [0.29, 0.717) is 24.7 Å². The van der Waals surface area contributed by atoms with Gasteiger partial charge in [0.1, 0.15) is 5.54 Å². The Morgan fingerprint density at radius 1 is 0.971 bits per heavy atom. The molecule has 6 heteroatoms. The summed E-state index contributed by atoms with van der Waals surface area (Å²) in [6.45, 7) is 5.21. The molecule has 0 spiro atoms. The largest absolute Gasteiger partial charge is 0.480 e. The third-order valence-electron chi connectivity index (χ3n) is 6.87. The molecule has 34 heavy (non-hydrogen) atoms. The highest BCUT2D eigenvalue weighted by Crippen LogP contribution is 2.34. The van der Waals surface area contributed by atoms with Crippen LogP contribution >= 0.6 is 0 Å². The van der Waals surface area contributed by atoms with Crippen molar-refractivity contribution in [3.05, 3.63) is 83.9 Å². The predicted octanol–water partition coefficient (Wildman–Crippen LogP) is 5.82. The predicted molar refractivity (Wildman–Crippen MR) is 131 cm³/mol. The number of hydrogen-bond acceptors (Lipinski definition) is 5. The highest BCUT2D eigenvalue weighted by Gasteiger charge is 2.43. The van der Waals surface area contributed by atoms with E-state index in [1.165, 1.54) is 0 Å². The van der Waals surface area contributed by atoms with Crippen LogP contribution in [-0.2, 0) is 11.3 Å². The lowest BCUT2D eigenvalue weighted by Gasteiger charge is -2.31. The number of aromatic nitrogens is 2. The van der Waals surface area contributed by atoms with Gasteiger partial charge in [0.05, 0.1) is 0 Å². The third kappa shape index (κ3) is 4.01. The van der Waals surface area contributed by atoms with Crippen LogP contribution in [0.4, 0.5) is 0 Å². The molecule has 1 saturated heterocycles. The van der Waals surface area contributed by atoms with E-state index in [0.717, 1.165) is 46.3 Å². The van der Waals surface area contributed by atoms with E-state index in [9.17, 15) is 9.90 Å². The maximum atomic E-state index is 11.8. The average molecular weight is 454 g/mol. The number of carbonyl (C=O) groups is 1. The molecule has 0 bridgehead atoms. The topological polar surface area (TPSA) is 79.5 Å². The van der Waals surface area contributed by atoms with Crippen molar-refractivity contribution in [3.8, 4) is 34.0 Å². The van der Waals surface area contributed by atoms with Crippen LogP contribution in [0.25, 0.3) is 34.0 Å². The molecular formula is C28H27N3O3. The average Bonchev–Trinajstić information content (AvgIpc) is 3.48. The van der Waals surface area contributed by atoms with E-state index in [1.807, 2.05) is 66.4 Å². The molecule has 1 aliphatic rings. The normalized spacial score (nSPS) is 18.3. The van der Waals surface area contributed by atoms with Gasteiger partial charge in [-0.15, -0.1) is 10.2 Å². The molecule has 0 unspecified atom stereocenters. The zero-order valence-corrected chi connectivity index (χ0v) is 19.4. The van der Waals surface area contributed by atoms with Gasteiger partial charge in [-0.05, 0) is 73.7 Å². The zero-order valence-electron chi connectivity index (χ0n) is 19.4. The Hall–Kier alpha value is -3.77. The molecule has 172 valence electrons.